The van der Waals surface area contributed by atoms with Crippen molar-refractivity contribution in [2.24, 2.45) is 0 Å². The van der Waals surface area contributed by atoms with Crippen LogP contribution in [0, 0.1) is 11.6 Å². The average molecular weight is 318 g/mol. The number of pyridine rings is 2. The smallest absolute Gasteiger partial charge is 0.159 e. The second kappa shape index (κ2) is 5.81. The molecule has 116 valence electrons. The molecule has 0 atom stereocenters. The van der Waals surface area contributed by atoms with Crippen molar-refractivity contribution in [2.75, 3.05) is 0 Å². The van der Waals surface area contributed by atoms with Gasteiger partial charge in [0.05, 0.1) is 5.69 Å². The van der Waals surface area contributed by atoms with Crippen molar-refractivity contribution in [2.45, 2.75) is 0 Å². The number of fused-ring (bicyclic) bond motifs is 1. The van der Waals surface area contributed by atoms with E-state index in [0.717, 1.165) is 22.1 Å². The molecule has 4 rings (SSSR count). The maximum absolute atomic E-state index is 13.3. The fraction of sp³-hybridized carbons (Fsp3) is 0. The lowest BCUT2D eigenvalue weighted by Crippen LogP contribution is -1.93. The van der Waals surface area contributed by atoms with E-state index in [9.17, 15) is 8.78 Å². The third-order valence-corrected chi connectivity index (χ3v) is 3.86. The van der Waals surface area contributed by atoms with E-state index in [1.807, 2.05) is 18.2 Å². The van der Waals surface area contributed by atoms with Crippen molar-refractivity contribution < 1.29 is 8.78 Å². The molecule has 4 aromatic rings. The van der Waals surface area contributed by atoms with Crippen LogP contribution in [0.5, 0.6) is 0 Å². The van der Waals surface area contributed by atoms with Crippen LogP contribution in [0.15, 0.2) is 72.9 Å². The first-order valence-corrected chi connectivity index (χ1v) is 7.48. The summed E-state index contributed by atoms with van der Waals surface area (Å²) in [5.41, 5.74) is 3.77. The third kappa shape index (κ3) is 2.63. The minimum Gasteiger partial charge on any atom is -0.237 e. The maximum atomic E-state index is 13.3. The topological polar surface area (TPSA) is 25.8 Å². The molecule has 0 saturated carbocycles. The van der Waals surface area contributed by atoms with Crippen LogP contribution in [0.3, 0.4) is 0 Å². The number of halogens is 2. The summed E-state index contributed by atoms with van der Waals surface area (Å²) < 4.78 is 26.5. The standard InChI is InChI=1S/C20H12F2N2/c21-16-7-3-13(4-8-16)18-12-15-2-1-11-23-20(15)24-19(18)14-5-9-17(22)10-6-14/h1-12H. The molecular weight excluding hydrogens is 306 g/mol. The quantitative estimate of drug-likeness (QED) is 0.505. The van der Waals surface area contributed by atoms with Gasteiger partial charge in [-0.15, -0.1) is 0 Å². The van der Waals surface area contributed by atoms with E-state index in [0.29, 0.717) is 11.3 Å². The summed E-state index contributed by atoms with van der Waals surface area (Å²) in [5, 5.41) is 0.891. The normalized spacial score (nSPS) is 10.9. The third-order valence-electron chi connectivity index (χ3n) is 3.86. The summed E-state index contributed by atoms with van der Waals surface area (Å²) >= 11 is 0. The van der Waals surface area contributed by atoms with Gasteiger partial charge in [0.2, 0.25) is 0 Å². The Morgan fingerprint density at radius 1 is 0.708 bits per heavy atom. The van der Waals surface area contributed by atoms with E-state index in [4.69, 9.17) is 0 Å². The van der Waals surface area contributed by atoms with Gasteiger partial charge in [-0.05, 0) is 60.2 Å². The molecule has 2 heterocycles. The minimum absolute atomic E-state index is 0.294. The summed E-state index contributed by atoms with van der Waals surface area (Å²) in [5.74, 6) is -0.599. The molecule has 2 aromatic heterocycles. The molecular formula is C20H12F2N2. The molecule has 0 aliphatic rings. The molecule has 0 fully saturated rings. The highest BCUT2D eigenvalue weighted by Gasteiger charge is 2.12. The van der Waals surface area contributed by atoms with Gasteiger partial charge < -0.3 is 0 Å². The first-order chi connectivity index (χ1) is 11.7. The number of rotatable bonds is 2. The summed E-state index contributed by atoms with van der Waals surface area (Å²) in [7, 11) is 0. The minimum atomic E-state index is -0.305. The number of benzene rings is 2. The number of hydrogen-bond acceptors (Lipinski definition) is 2. The molecule has 2 nitrogen and oxygen atoms in total. The van der Waals surface area contributed by atoms with E-state index in [1.54, 1.807) is 30.5 Å². The van der Waals surface area contributed by atoms with Crippen molar-refractivity contribution in [1.82, 2.24) is 9.97 Å². The van der Waals surface area contributed by atoms with Crippen molar-refractivity contribution in [1.29, 1.82) is 0 Å². The molecule has 0 radical (unpaired) electrons. The van der Waals surface area contributed by atoms with Gasteiger partial charge >= 0.3 is 0 Å². The van der Waals surface area contributed by atoms with E-state index < -0.39 is 0 Å². The molecule has 0 aliphatic carbocycles. The van der Waals surface area contributed by atoms with Gasteiger partial charge in [0.1, 0.15) is 11.6 Å². The van der Waals surface area contributed by atoms with Gasteiger partial charge in [0, 0.05) is 22.7 Å². The zero-order valence-corrected chi connectivity index (χ0v) is 12.6. The lowest BCUT2D eigenvalue weighted by molar-refractivity contribution is 0.627. The number of hydrogen-bond donors (Lipinski definition) is 0. The van der Waals surface area contributed by atoms with Crippen LogP contribution in [-0.4, -0.2) is 9.97 Å². The Labute approximate surface area is 137 Å². The predicted molar refractivity (Wildman–Crippen MR) is 90.3 cm³/mol. The second-order valence-corrected chi connectivity index (χ2v) is 5.45. The Balaban J connectivity index is 2.00. The van der Waals surface area contributed by atoms with E-state index in [2.05, 4.69) is 9.97 Å². The SMILES string of the molecule is Fc1ccc(-c2cc3cccnc3nc2-c2ccc(F)cc2)cc1. The molecule has 2 aromatic carbocycles. The van der Waals surface area contributed by atoms with Crippen molar-refractivity contribution in [3.05, 3.63) is 84.6 Å². The molecule has 0 N–H and O–H groups in total. The van der Waals surface area contributed by atoms with Crippen LogP contribution in [0.1, 0.15) is 0 Å². The highest BCUT2D eigenvalue weighted by atomic mass is 19.1. The summed E-state index contributed by atoms with van der Waals surface area (Å²) in [6, 6.07) is 18.1. The maximum Gasteiger partial charge on any atom is 0.159 e. The van der Waals surface area contributed by atoms with Gasteiger partial charge in [-0.2, -0.15) is 0 Å². The fourth-order valence-electron chi connectivity index (χ4n) is 2.68. The van der Waals surface area contributed by atoms with Crippen LogP contribution in [0.4, 0.5) is 8.78 Å². The van der Waals surface area contributed by atoms with Crippen LogP contribution in [0.2, 0.25) is 0 Å². The molecule has 24 heavy (non-hydrogen) atoms. The second-order valence-electron chi connectivity index (χ2n) is 5.45. The molecule has 0 amide bonds. The van der Waals surface area contributed by atoms with Crippen LogP contribution in [-0.2, 0) is 0 Å². The van der Waals surface area contributed by atoms with Crippen molar-refractivity contribution in [3.63, 3.8) is 0 Å². The zero-order valence-electron chi connectivity index (χ0n) is 12.6. The molecule has 0 unspecified atom stereocenters. The Hall–Kier alpha value is -3.14. The average Bonchev–Trinajstić information content (AvgIpc) is 2.62. The molecule has 4 heteroatoms. The van der Waals surface area contributed by atoms with Crippen molar-refractivity contribution in [3.8, 4) is 22.4 Å². The van der Waals surface area contributed by atoms with Crippen LogP contribution in [0.25, 0.3) is 33.4 Å². The Morgan fingerprint density at radius 2 is 1.33 bits per heavy atom. The first-order valence-electron chi connectivity index (χ1n) is 7.48. The first kappa shape index (κ1) is 14.5. The van der Waals surface area contributed by atoms with Crippen LogP contribution < -0.4 is 0 Å². The molecule has 0 bridgehead atoms. The molecule has 0 aliphatic heterocycles. The van der Waals surface area contributed by atoms with Gasteiger partial charge in [-0.25, -0.2) is 18.7 Å². The van der Waals surface area contributed by atoms with Crippen molar-refractivity contribution >= 4 is 11.0 Å². The summed E-state index contributed by atoms with van der Waals surface area (Å²) in [6.07, 6.45) is 1.68. The fourth-order valence-corrected chi connectivity index (χ4v) is 2.68. The monoisotopic (exact) mass is 318 g/mol. The summed E-state index contributed by atoms with van der Waals surface area (Å²) in [4.78, 5) is 8.94. The number of nitrogens with zero attached hydrogens (tertiary/aromatic N) is 2. The Morgan fingerprint density at radius 3 is 2.00 bits per heavy atom. The highest BCUT2D eigenvalue weighted by Crippen LogP contribution is 2.33. The predicted octanol–water partition coefficient (Wildman–Crippen LogP) is 5.24. The number of aromatic nitrogens is 2. The van der Waals surface area contributed by atoms with Gasteiger partial charge in [0.25, 0.3) is 0 Å². The lowest BCUT2D eigenvalue weighted by Gasteiger charge is -2.11. The van der Waals surface area contributed by atoms with Crippen LogP contribution >= 0.6 is 0 Å². The van der Waals surface area contributed by atoms with E-state index in [1.165, 1.54) is 24.3 Å². The lowest BCUT2D eigenvalue weighted by atomic mass is 9.98. The molecule has 0 saturated heterocycles. The molecule has 0 spiro atoms. The van der Waals surface area contributed by atoms with Gasteiger partial charge in [0.15, 0.2) is 5.65 Å². The zero-order chi connectivity index (χ0) is 16.5. The van der Waals surface area contributed by atoms with E-state index >= 15 is 0 Å². The van der Waals surface area contributed by atoms with E-state index in [-0.39, 0.29) is 11.6 Å². The highest BCUT2D eigenvalue weighted by molar-refractivity contribution is 5.89. The Bertz CT molecular complexity index is 926. The Kier molecular flexibility index (Phi) is 3.50. The van der Waals surface area contributed by atoms with Gasteiger partial charge in [-0.3, -0.25) is 0 Å². The largest absolute Gasteiger partial charge is 0.237 e. The van der Waals surface area contributed by atoms with Gasteiger partial charge in [-0.1, -0.05) is 12.1 Å². The summed E-state index contributed by atoms with van der Waals surface area (Å²) in [6.45, 7) is 0.